The Morgan fingerprint density at radius 3 is 2.25 bits per heavy atom. The SMILES string of the molecule is Clc1ccc(-c2cc3cccnc3n3c(-c4c(Cl)cccc4Cl)nnc23)cc1. The van der Waals surface area contributed by atoms with Crippen LogP contribution < -0.4 is 0 Å². The van der Waals surface area contributed by atoms with E-state index in [1.54, 1.807) is 24.4 Å². The van der Waals surface area contributed by atoms with Gasteiger partial charge in [-0.2, -0.15) is 0 Å². The number of hydrogen-bond acceptors (Lipinski definition) is 3. The van der Waals surface area contributed by atoms with Crippen LogP contribution in [0.3, 0.4) is 0 Å². The average molecular weight is 426 g/mol. The molecule has 0 aliphatic heterocycles. The van der Waals surface area contributed by atoms with Crippen molar-refractivity contribution in [2.75, 3.05) is 0 Å². The lowest BCUT2D eigenvalue weighted by molar-refractivity contribution is 1.11. The first kappa shape index (κ1) is 17.4. The fraction of sp³-hybridized carbons (Fsp3) is 0. The van der Waals surface area contributed by atoms with Crippen LogP contribution in [0.4, 0.5) is 0 Å². The largest absolute Gasteiger partial charge is 0.258 e. The third-order valence-corrected chi connectivity index (χ3v) is 5.46. The lowest BCUT2D eigenvalue weighted by Gasteiger charge is -2.10. The average Bonchev–Trinajstić information content (AvgIpc) is 3.13. The summed E-state index contributed by atoms with van der Waals surface area (Å²) in [4.78, 5) is 4.55. The van der Waals surface area contributed by atoms with Gasteiger partial charge in [-0.3, -0.25) is 4.40 Å². The van der Waals surface area contributed by atoms with Crippen LogP contribution >= 0.6 is 34.8 Å². The molecule has 0 unspecified atom stereocenters. The van der Waals surface area contributed by atoms with E-state index in [1.807, 2.05) is 46.9 Å². The molecule has 0 amide bonds. The standard InChI is InChI=1S/C21H11Cl3N4/c22-14-8-6-12(7-9-14)15-11-13-3-2-10-25-19(13)28-20(15)26-27-21(28)18-16(23)4-1-5-17(18)24/h1-11H. The van der Waals surface area contributed by atoms with Crippen LogP contribution in [-0.4, -0.2) is 19.6 Å². The first-order chi connectivity index (χ1) is 13.6. The van der Waals surface area contributed by atoms with E-state index in [9.17, 15) is 0 Å². The van der Waals surface area contributed by atoms with Crippen LogP contribution in [-0.2, 0) is 0 Å². The molecule has 28 heavy (non-hydrogen) atoms. The molecule has 0 fully saturated rings. The zero-order valence-electron chi connectivity index (χ0n) is 14.3. The Morgan fingerprint density at radius 2 is 1.50 bits per heavy atom. The number of nitrogens with zero attached hydrogens (tertiary/aromatic N) is 4. The summed E-state index contributed by atoms with van der Waals surface area (Å²) < 4.78 is 1.90. The van der Waals surface area contributed by atoms with Crippen LogP contribution in [0.2, 0.25) is 15.1 Å². The van der Waals surface area contributed by atoms with Crippen LogP contribution in [0.15, 0.2) is 66.9 Å². The van der Waals surface area contributed by atoms with Gasteiger partial charge in [0.2, 0.25) is 0 Å². The first-order valence-electron chi connectivity index (χ1n) is 8.46. The lowest BCUT2D eigenvalue weighted by atomic mass is 10.1. The topological polar surface area (TPSA) is 43.1 Å². The van der Waals surface area contributed by atoms with Gasteiger partial charge < -0.3 is 0 Å². The molecule has 0 spiro atoms. The zero-order valence-corrected chi connectivity index (χ0v) is 16.5. The summed E-state index contributed by atoms with van der Waals surface area (Å²) in [5.74, 6) is 0.546. The van der Waals surface area contributed by atoms with E-state index in [-0.39, 0.29) is 0 Å². The zero-order chi connectivity index (χ0) is 19.3. The number of aromatic nitrogens is 4. The third-order valence-electron chi connectivity index (χ3n) is 4.57. The third kappa shape index (κ3) is 2.73. The van der Waals surface area contributed by atoms with E-state index >= 15 is 0 Å². The van der Waals surface area contributed by atoms with Gasteiger partial charge in [0.1, 0.15) is 5.65 Å². The number of pyridine rings is 2. The molecule has 4 nitrogen and oxygen atoms in total. The van der Waals surface area contributed by atoms with Gasteiger partial charge in [-0.15, -0.1) is 10.2 Å². The molecule has 3 heterocycles. The molecule has 0 N–H and O–H groups in total. The van der Waals surface area contributed by atoms with Gasteiger partial charge in [0.05, 0.1) is 15.6 Å². The van der Waals surface area contributed by atoms with Crippen LogP contribution in [0.25, 0.3) is 39.2 Å². The maximum absolute atomic E-state index is 6.45. The summed E-state index contributed by atoms with van der Waals surface area (Å²) in [7, 11) is 0. The second-order valence-corrected chi connectivity index (χ2v) is 7.51. The van der Waals surface area contributed by atoms with Crippen LogP contribution in [0.5, 0.6) is 0 Å². The molecule has 0 aliphatic carbocycles. The summed E-state index contributed by atoms with van der Waals surface area (Å²) in [6.45, 7) is 0. The van der Waals surface area contributed by atoms with Gasteiger partial charge in [0.25, 0.3) is 0 Å². The summed E-state index contributed by atoms with van der Waals surface area (Å²) in [6, 6.07) is 18.9. The highest BCUT2D eigenvalue weighted by atomic mass is 35.5. The van der Waals surface area contributed by atoms with Crippen molar-refractivity contribution in [2.45, 2.75) is 0 Å². The molecule has 5 rings (SSSR count). The molecule has 136 valence electrons. The minimum absolute atomic E-state index is 0.503. The molecule has 0 radical (unpaired) electrons. The Kier molecular flexibility index (Phi) is 4.20. The predicted molar refractivity (Wildman–Crippen MR) is 114 cm³/mol. The van der Waals surface area contributed by atoms with Crippen molar-refractivity contribution in [3.63, 3.8) is 0 Å². The highest BCUT2D eigenvalue weighted by Crippen LogP contribution is 2.37. The van der Waals surface area contributed by atoms with E-state index in [0.29, 0.717) is 32.1 Å². The second kappa shape index (κ2) is 6.74. The fourth-order valence-corrected chi connectivity index (χ4v) is 4.00. The second-order valence-electron chi connectivity index (χ2n) is 6.26. The molecule has 0 aliphatic rings. The van der Waals surface area contributed by atoms with E-state index in [1.165, 1.54) is 0 Å². The Hall–Kier alpha value is -2.66. The maximum atomic E-state index is 6.45. The molecule has 0 bridgehead atoms. The Labute approximate surface area is 175 Å². The quantitative estimate of drug-likeness (QED) is 0.321. The van der Waals surface area contributed by atoms with Crippen molar-refractivity contribution in [1.29, 1.82) is 0 Å². The minimum atomic E-state index is 0.503. The molecule has 5 aromatic rings. The normalized spacial score (nSPS) is 11.4. The van der Waals surface area contributed by atoms with Gasteiger partial charge in [-0.1, -0.05) is 53.0 Å². The van der Waals surface area contributed by atoms with E-state index in [2.05, 4.69) is 15.2 Å². The van der Waals surface area contributed by atoms with Crippen molar-refractivity contribution >= 4 is 51.5 Å². The Morgan fingerprint density at radius 1 is 0.750 bits per heavy atom. The van der Waals surface area contributed by atoms with E-state index in [4.69, 9.17) is 34.8 Å². The highest BCUT2D eigenvalue weighted by molar-refractivity contribution is 6.39. The summed E-state index contributed by atoms with van der Waals surface area (Å²) in [6.07, 6.45) is 1.74. The summed E-state index contributed by atoms with van der Waals surface area (Å²) >= 11 is 19.0. The number of fused-ring (bicyclic) bond motifs is 3. The lowest BCUT2D eigenvalue weighted by Crippen LogP contribution is -1.97. The Bertz CT molecular complexity index is 1320. The number of halogens is 3. The monoisotopic (exact) mass is 424 g/mol. The van der Waals surface area contributed by atoms with Crippen LogP contribution in [0.1, 0.15) is 0 Å². The molecule has 0 atom stereocenters. The molecule has 3 aromatic heterocycles. The van der Waals surface area contributed by atoms with Gasteiger partial charge in [-0.05, 0) is 48.0 Å². The predicted octanol–water partition coefficient (Wildman–Crippen LogP) is 6.57. The van der Waals surface area contributed by atoms with Gasteiger partial charge in [-0.25, -0.2) is 4.98 Å². The van der Waals surface area contributed by atoms with E-state index < -0.39 is 0 Å². The minimum Gasteiger partial charge on any atom is -0.258 e. The summed E-state index contributed by atoms with van der Waals surface area (Å²) in [5.41, 5.74) is 3.91. The van der Waals surface area contributed by atoms with Crippen LogP contribution in [0, 0.1) is 0 Å². The van der Waals surface area contributed by atoms with E-state index in [0.717, 1.165) is 22.2 Å². The molecule has 7 heteroatoms. The van der Waals surface area contributed by atoms with Crippen molar-refractivity contribution in [3.8, 4) is 22.5 Å². The van der Waals surface area contributed by atoms with Crippen molar-refractivity contribution in [1.82, 2.24) is 19.6 Å². The highest BCUT2D eigenvalue weighted by Gasteiger charge is 2.20. The van der Waals surface area contributed by atoms with Gasteiger partial charge in [0.15, 0.2) is 11.5 Å². The Balaban J connectivity index is 1.92. The smallest absolute Gasteiger partial charge is 0.173 e. The van der Waals surface area contributed by atoms with Crippen molar-refractivity contribution in [2.24, 2.45) is 0 Å². The molecule has 0 saturated carbocycles. The summed E-state index contributed by atoms with van der Waals surface area (Å²) in [5, 5.41) is 11.5. The first-order valence-corrected chi connectivity index (χ1v) is 9.60. The molecule has 0 saturated heterocycles. The van der Waals surface area contributed by atoms with Crippen molar-refractivity contribution < 1.29 is 0 Å². The molecular weight excluding hydrogens is 415 g/mol. The number of benzene rings is 2. The number of hydrogen-bond donors (Lipinski definition) is 0. The maximum Gasteiger partial charge on any atom is 0.173 e. The molecular formula is C21H11Cl3N4. The number of rotatable bonds is 2. The van der Waals surface area contributed by atoms with Gasteiger partial charge >= 0.3 is 0 Å². The van der Waals surface area contributed by atoms with Crippen molar-refractivity contribution in [3.05, 3.63) is 81.9 Å². The van der Waals surface area contributed by atoms with Gasteiger partial charge in [0, 0.05) is 22.2 Å². The fourth-order valence-electron chi connectivity index (χ4n) is 3.30. The molecule has 2 aromatic carbocycles.